The Labute approximate surface area is 201 Å². The van der Waals surface area contributed by atoms with Crippen LogP contribution in [0.25, 0.3) is 0 Å². The molecule has 0 radical (unpaired) electrons. The average molecular weight is 493 g/mol. The predicted molar refractivity (Wildman–Crippen MR) is 127 cm³/mol. The van der Waals surface area contributed by atoms with E-state index >= 15 is 0 Å². The van der Waals surface area contributed by atoms with Crippen molar-refractivity contribution in [3.05, 3.63) is 47.5 Å². The third-order valence-electron chi connectivity index (χ3n) is 5.41. The Morgan fingerprint density at radius 3 is 2.32 bits per heavy atom. The summed E-state index contributed by atoms with van der Waals surface area (Å²) in [4.78, 5) is 14.6. The van der Waals surface area contributed by atoms with Gasteiger partial charge in [0.05, 0.1) is 44.0 Å². The third kappa shape index (κ3) is 5.99. The Morgan fingerprint density at radius 2 is 1.68 bits per heavy atom. The average Bonchev–Trinajstić information content (AvgIpc) is 2.84. The molecule has 34 heavy (non-hydrogen) atoms. The van der Waals surface area contributed by atoms with Gasteiger partial charge in [0.1, 0.15) is 5.75 Å². The first kappa shape index (κ1) is 25.8. The second-order valence-corrected chi connectivity index (χ2v) is 9.40. The Morgan fingerprint density at radius 1 is 1.03 bits per heavy atom. The second-order valence-electron chi connectivity index (χ2n) is 7.68. The molecular weight excluding hydrogens is 460 g/mol. The van der Waals surface area contributed by atoms with Crippen molar-refractivity contribution < 1.29 is 32.2 Å². The second kappa shape index (κ2) is 11.5. The molecule has 0 unspecified atom stereocenters. The summed E-state index contributed by atoms with van der Waals surface area (Å²) in [5, 5.41) is 0. The molecule has 0 spiro atoms. The van der Waals surface area contributed by atoms with Crippen LogP contribution in [0.3, 0.4) is 0 Å². The van der Waals surface area contributed by atoms with Crippen molar-refractivity contribution in [1.29, 1.82) is 0 Å². The summed E-state index contributed by atoms with van der Waals surface area (Å²) in [5.41, 5.74) is 0.910. The van der Waals surface area contributed by atoms with E-state index < -0.39 is 16.1 Å². The standard InChI is InChI=1S/C24H32N2O7S/c1-5-32-22-9-7-18(15-23(22)33-6-2)17(3)25-34(28,29)19-8-10-21(30-4)20(16-19)24(27)26-11-13-31-14-12-26/h7-10,15-17,25H,5-6,11-14H2,1-4H3/t17-/m0/s1. The van der Waals surface area contributed by atoms with Crippen LogP contribution in [0.2, 0.25) is 0 Å². The van der Waals surface area contributed by atoms with Crippen LogP contribution in [0.5, 0.6) is 17.2 Å². The summed E-state index contributed by atoms with van der Waals surface area (Å²) < 4.78 is 50.9. The van der Waals surface area contributed by atoms with Crippen LogP contribution >= 0.6 is 0 Å². The van der Waals surface area contributed by atoms with E-state index in [0.717, 1.165) is 0 Å². The molecule has 0 aromatic heterocycles. The van der Waals surface area contributed by atoms with Gasteiger partial charge in [0.2, 0.25) is 10.0 Å². The zero-order valence-corrected chi connectivity index (χ0v) is 20.8. The summed E-state index contributed by atoms with van der Waals surface area (Å²) in [7, 11) is -2.49. The molecule has 1 fully saturated rings. The van der Waals surface area contributed by atoms with Gasteiger partial charge in [0.25, 0.3) is 5.91 Å². The van der Waals surface area contributed by atoms with Gasteiger partial charge in [-0.2, -0.15) is 0 Å². The third-order valence-corrected chi connectivity index (χ3v) is 6.95. The number of amides is 1. The molecule has 2 aromatic rings. The lowest BCUT2D eigenvalue weighted by Crippen LogP contribution is -2.40. The monoisotopic (exact) mass is 492 g/mol. The molecule has 1 aliphatic rings. The molecule has 1 amide bonds. The van der Waals surface area contributed by atoms with Crippen LogP contribution in [0.15, 0.2) is 41.3 Å². The Kier molecular flexibility index (Phi) is 8.76. The normalized spacial score (nSPS) is 15.0. The van der Waals surface area contributed by atoms with Gasteiger partial charge in [0.15, 0.2) is 11.5 Å². The van der Waals surface area contributed by atoms with Crippen LogP contribution < -0.4 is 18.9 Å². The first-order valence-electron chi connectivity index (χ1n) is 11.3. The Bertz CT molecular complexity index is 1100. The fourth-order valence-electron chi connectivity index (χ4n) is 3.66. The number of carbonyl (C=O) groups is 1. The quantitative estimate of drug-likeness (QED) is 0.544. The van der Waals surface area contributed by atoms with Gasteiger partial charge in [-0.05, 0) is 56.7 Å². The highest BCUT2D eigenvalue weighted by molar-refractivity contribution is 7.89. The fourth-order valence-corrected chi connectivity index (χ4v) is 4.92. The van der Waals surface area contributed by atoms with Gasteiger partial charge in [-0.3, -0.25) is 4.79 Å². The number of carbonyl (C=O) groups excluding carboxylic acids is 1. The number of methoxy groups -OCH3 is 1. The van der Waals surface area contributed by atoms with Crippen molar-refractivity contribution in [3.63, 3.8) is 0 Å². The summed E-state index contributed by atoms with van der Waals surface area (Å²) in [6, 6.07) is 9.05. The van der Waals surface area contributed by atoms with Crippen molar-refractivity contribution in [2.75, 3.05) is 46.6 Å². The molecule has 186 valence electrons. The molecule has 3 rings (SSSR count). The number of hydrogen-bond acceptors (Lipinski definition) is 7. The summed E-state index contributed by atoms with van der Waals surface area (Å²) in [6.45, 7) is 8.20. The Balaban J connectivity index is 1.85. The predicted octanol–water partition coefficient (Wildman–Crippen LogP) is 3.00. The molecule has 1 N–H and O–H groups in total. The van der Waals surface area contributed by atoms with E-state index in [9.17, 15) is 13.2 Å². The number of morpholine rings is 1. The van der Waals surface area contributed by atoms with E-state index in [1.165, 1.54) is 25.3 Å². The summed E-state index contributed by atoms with van der Waals surface area (Å²) in [6.07, 6.45) is 0. The molecule has 0 saturated carbocycles. The maximum absolute atomic E-state index is 13.2. The SMILES string of the molecule is CCOc1ccc([C@H](C)NS(=O)(=O)c2ccc(OC)c(C(=O)N3CCOCC3)c2)cc1OCC. The van der Waals surface area contributed by atoms with Crippen LogP contribution in [0.4, 0.5) is 0 Å². The van der Waals surface area contributed by atoms with Crippen molar-refractivity contribution in [2.45, 2.75) is 31.7 Å². The van der Waals surface area contributed by atoms with Crippen LogP contribution in [-0.4, -0.2) is 65.9 Å². The maximum Gasteiger partial charge on any atom is 0.257 e. The number of sulfonamides is 1. The minimum atomic E-state index is -3.94. The minimum absolute atomic E-state index is 0.0206. The number of ether oxygens (including phenoxy) is 4. The van der Waals surface area contributed by atoms with Crippen LogP contribution in [-0.2, 0) is 14.8 Å². The van der Waals surface area contributed by atoms with Gasteiger partial charge in [0, 0.05) is 19.1 Å². The molecule has 9 nitrogen and oxygen atoms in total. The van der Waals surface area contributed by atoms with Gasteiger partial charge in [-0.1, -0.05) is 6.07 Å². The number of hydrogen-bond donors (Lipinski definition) is 1. The molecule has 10 heteroatoms. The topological polar surface area (TPSA) is 103 Å². The van der Waals surface area contributed by atoms with E-state index in [1.54, 1.807) is 30.0 Å². The van der Waals surface area contributed by atoms with E-state index in [4.69, 9.17) is 18.9 Å². The zero-order valence-electron chi connectivity index (χ0n) is 20.0. The van der Waals surface area contributed by atoms with Gasteiger partial charge >= 0.3 is 0 Å². The van der Waals surface area contributed by atoms with Crippen LogP contribution in [0, 0.1) is 0 Å². The minimum Gasteiger partial charge on any atom is -0.496 e. The number of benzene rings is 2. The number of nitrogens with zero attached hydrogens (tertiary/aromatic N) is 1. The van der Waals surface area contributed by atoms with Crippen molar-refractivity contribution in [3.8, 4) is 17.2 Å². The molecule has 0 bridgehead atoms. The lowest BCUT2D eigenvalue weighted by atomic mass is 10.1. The van der Waals surface area contributed by atoms with Crippen LogP contribution in [0.1, 0.15) is 42.7 Å². The summed E-state index contributed by atoms with van der Waals surface area (Å²) in [5.74, 6) is 1.18. The highest BCUT2D eigenvalue weighted by Gasteiger charge is 2.26. The maximum atomic E-state index is 13.2. The first-order valence-corrected chi connectivity index (χ1v) is 12.8. The van der Waals surface area contributed by atoms with E-state index in [-0.39, 0.29) is 16.4 Å². The molecule has 1 aliphatic heterocycles. The van der Waals surface area contributed by atoms with E-state index in [1.807, 2.05) is 13.8 Å². The lowest BCUT2D eigenvalue weighted by Gasteiger charge is -2.27. The lowest BCUT2D eigenvalue weighted by molar-refractivity contribution is 0.0300. The number of rotatable bonds is 10. The zero-order chi connectivity index (χ0) is 24.7. The van der Waals surface area contributed by atoms with Gasteiger partial charge in [-0.15, -0.1) is 0 Å². The largest absolute Gasteiger partial charge is 0.496 e. The van der Waals surface area contributed by atoms with Crippen molar-refractivity contribution in [2.24, 2.45) is 0 Å². The van der Waals surface area contributed by atoms with Crippen molar-refractivity contribution >= 4 is 15.9 Å². The van der Waals surface area contributed by atoms with E-state index in [2.05, 4.69) is 4.72 Å². The fraction of sp³-hybridized carbons (Fsp3) is 0.458. The smallest absolute Gasteiger partial charge is 0.257 e. The first-order chi connectivity index (χ1) is 16.3. The Hall–Kier alpha value is -2.82. The summed E-state index contributed by atoms with van der Waals surface area (Å²) >= 11 is 0. The molecular formula is C24H32N2O7S. The highest BCUT2D eigenvalue weighted by atomic mass is 32.2. The van der Waals surface area contributed by atoms with Gasteiger partial charge in [-0.25, -0.2) is 13.1 Å². The molecule has 1 saturated heterocycles. The molecule has 1 atom stereocenters. The number of nitrogens with one attached hydrogen (secondary N) is 1. The molecule has 1 heterocycles. The molecule has 0 aliphatic carbocycles. The van der Waals surface area contributed by atoms with Crippen molar-refractivity contribution in [1.82, 2.24) is 9.62 Å². The molecule has 2 aromatic carbocycles. The van der Waals surface area contributed by atoms with Gasteiger partial charge < -0.3 is 23.8 Å². The highest BCUT2D eigenvalue weighted by Crippen LogP contribution is 2.31. The van der Waals surface area contributed by atoms with E-state index in [0.29, 0.717) is 62.3 Å².